The van der Waals surface area contributed by atoms with Crippen LogP contribution in [0.2, 0.25) is 0 Å². The van der Waals surface area contributed by atoms with Crippen LogP contribution in [0.15, 0.2) is 61.1 Å². The van der Waals surface area contributed by atoms with Crippen LogP contribution in [0.4, 0.5) is 0 Å². The molecule has 0 N–H and O–H groups in total. The summed E-state index contributed by atoms with van der Waals surface area (Å²) in [4.78, 5) is 8.57. The Kier molecular flexibility index (Phi) is 2.84. The number of nitrogens with zero attached hydrogens (tertiary/aromatic N) is 4. The summed E-state index contributed by atoms with van der Waals surface area (Å²) in [7, 11) is 0. The van der Waals surface area contributed by atoms with Crippen LogP contribution in [0, 0.1) is 0 Å². The van der Waals surface area contributed by atoms with E-state index in [1.165, 1.54) is 0 Å². The number of aromatic nitrogens is 4. The van der Waals surface area contributed by atoms with Crippen LogP contribution in [0.3, 0.4) is 0 Å². The van der Waals surface area contributed by atoms with Crippen molar-refractivity contribution in [3.63, 3.8) is 0 Å². The molecule has 0 radical (unpaired) electrons. The predicted molar refractivity (Wildman–Crippen MR) is 68.8 cm³/mol. The molecule has 0 aliphatic rings. The molecule has 0 atom stereocenters. The van der Waals surface area contributed by atoms with Crippen molar-refractivity contribution in [3.05, 3.63) is 66.7 Å². The monoisotopic (exact) mass is 236 g/mol. The zero-order valence-electron chi connectivity index (χ0n) is 9.77. The van der Waals surface area contributed by atoms with Gasteiger partial charge in [-0.15, -0.1) is 0 Å². The molecule has 18 heavy (non-hydrogen) atoms. The highest BCUT2D eigenvalue weighted by atomic mass is 15.3. The molecule has 0 spiro atoms. The number of pyridine rings is 1. The van der Waals surface area contributed by atoms with Crippen LogP contribution in [0.5, 0.6) is 0 Å². The third-order valence-electron chi connectivity index (χ3n) is 2.62. The lowest BCUT2D eigenvalue weighted by atomic mass is 10.2. The van der Waals surface area contributed by atoms with E-state index >= 15 is 0 Å². The fourth-order valence-electron chi connectivity index (χ4n) is 1.75. The second kappa shape index (κ2) is 4.79. The summed E-state index contributed by atoms with van der Waals surface area (Å²) in [6, 6.07) is 15.8. The van der Waals surface area contributed by atoms with Crippen LogP contribution in [0.1, 0.15) is 5.69 Å². The van der Waals surface area contributed by atoms with Crippen LogP contribution >= 0.6 is 0 Å². The van der Waals surface area contributed by atoms with E-state index in [1.807, 2.05) is 48.5 Å². The van der Waals surface area contributed by atoms with Crippen molar-refractivity contribution in [3.8, 4) is 11.4 Å². The summed E-state index contributed by atoms with van der Waals surface area (Å²) < 4.78 is 1.80. The van der Waals surface area contributed by atoms with Crippen molar-refractivity contribution in [2.45, 2.75) is 6.54 Å². The Morgan fingerprint density at radius 3 is 2.50 bits per heavy atom. The quantitative estimate of drug-likeness (QED) is 0.701. The molecule has 0 saturated heterocycles. The average Bonchev–Trinajstić information content (AvgIpc) is 2.89. The number of hydrogen-bond acceptors (Lipinski definition) is 3. The van der Waals surface area contributed by atoms with Gasteiger partial charge in [-0.2, -0.15) is 5.10 Å². The molecule has 0 amide bonds. The summed E-state index contributed by atoms with van der Waals surface area (Å²) in [5.74, 6) is 0.742. The Labute approximate surface area is 105 Å². The van der Waals surface area contributed by atoms with E-state index < -0.39 is 0 Å². The lowest BCUT2D eigenvalue weighted by Gasteiger charge is -1.99. The Morgan fingerprint density at radius 2 is 1.72 bits per heavy atom. The van der Waals surface area contributed by atoms with E-state index in [0.717, 1.165) is 17.1 Å². The normalized spacial score (nSPS) is 10.4. The smallest absolute Gasteiger partial charge is 0.181 e. The lowest BCUT2D eigenvalue weighted by molar-refractivity contribution is 0.672. The van der Waals surface area contributed by atoms with Gasteiger partial charge < -0.3 is 0 Å². The van der Waals surface area contributed by atoms with Crippen LogP contribution in [-0.2, 0) is 6.54 Å². The molecule has 4 nitrogen and oxygen atoms in total. The van der Waals surface area contributed by atoms with Gasteiger partial charge in [0.1, 0.15) is 6.33 Å². The van der Waals surface area contributed by atoms with Gasteiger partial charge in [-0.3, -0.25) is 4.98 Å². The molecule has 0 fully saturated rings. The van der Waals surface area contributed by atoms with Crippen molar-refractivity contribution in [2.24, 2.45) is 0 Å². The molecule has 3 aromatic rings. The van der Waals surface area contributed by atoms with Gasteiger partial charge in [-0.25, -0.2) is 9.67 Å². The van der Waals surface area contributed by atoms with E-state index in [9.17, 15) is 0 Å². The molecule has 88 valence electrons. The molecule has 4 heteroatoms. The molecule has 2 heterocycles. The van der Waals surface area contributed by atoms with E-state index in [0.29, 0.717) is 6.54 Å². The van der Waals surface area contributed by atoms with Gasteiger partial charge in [0.2, 0.25) is 0 Å². The Balaban J connectivity index is 1.82. The minimum absolute atomic E-state index is 0.640. The fraction of sp³-hybridized carbons (Fsp3) is 0.0714. The summed E-state index contributed by atoms with van der Waals surface area (Å²) >= 11 is 0. The summed E-state index contributed by atoms with van der Waals surface area (Å²) in [5, 5.41) is 4.44. The van der Waals surface area contributed by atoms with E-state index in [4.69, 9.17) is 0 Å². The minimum Gasteiger partial charge on any atom is -0.259 e. The minimum atomic E-state index is 0.640. The zero-order valence-corrected chi connectivity index (χ0v) is 9.77. The molecule has 0 unspecified atom stereocenters. The lowest BCUT2D eigenvalue weighted by Crippen LogP contribution is -2.01. The largest absolute Gasteiger partial charge is 0.259 e. The van der Waals surface area contributed by atoms with Gasteiger partial charge in [0.15, 0.2) is 5.82 Å². The van der Waals surface area contributed by atoms with Gasteiger partial charge in [0.05, 0.1) is 12.2 Å². The maximum atomic E-state index is 4.44. The average molecular weight is 236 g/mol. The van der Waals surface area contributed by atoms with Crippen molar-refractivity contribution in [2.75, 3.05) is 0 Å². The van der Waals surface area contributed by atoms with E-state index in [1.54, 1.807) is 17.2 Å². The maximum absolute atomic E-state index is 4.44. The standard InChI is InChI=1S/C14H12N4/c1-2-6-12(7-3-1)14-16-11-18(17-14)10-13-8-4-5-9-15-13/h1-9,11H,10H2. The third-order valence-corrected chi connectivity index (χ3v) is 2.62. The predicted octanol–water partition coefficient (Wildman–Crippen LogP) is 2.39. The van der Waals surface area contributed by atoms with E-state index in [2.05, 4.69) is 15.1 Å². The second-order valence-corrected chi connectivity index (χ2v) is 3.95. The highest BCUT2D eigenvalue weighted by molar-refractivity contribution is 5.53. The number of hydrogen-bond donors (Lipinski definition) is 0. The highest BCUT2D eigenvalue weighted by Crippen LogP contribution is 2.13. The molecular formula is C14H12N4. The molecule has 0 bridgehead atoms. The summed E-state index contributed by atoms with van der Waals surface area (Å²) in [5.41, 5.74) is 2.00. The van der Waals surface area contributed by atoms with Gasteiger partial charge >= 0.3 is 0 Å². The topological polar surface area (TPSA) is 43.6 Å². The Morgan fingerprint density at radius 1 is 0.889 bits per heavy atom. The SMILES string of the molecule is c1ccc(-c2ncn(Cc3ccccn3)n2)cc1. The van der Waals surface area contributed by atoms with Crippen LogP contribution in [-0.4, -0.2) is 19.7 Å². The molecule has 0 saturated carbocycles. The first kappa shape index (κ1) is 10.7. The van der Waals surface area contributed by atoms with E-state index in [-0.39, 0.29) is 0 Å². The number of benzene rings is 1. The van der Waals surface area contributed by atoms with Crippen molar-refractivity contribution < 1.29 is 0 Å². The van der Waals surface area contributed by atoms with Crippen LogP contribution < -0.4 is 0 Å². The Hall–Kier alpha value is -2.49. The second-order valence-electron chi connectivity index (χ2n) is 3.95. The molecule has 2 aromatic heterocycles. The molecular weight excluding hydrogens is 224 g/mol. The van der Waals surface area contributed by atoms with Crippen molar-refractivity contribution >= 4 is 0 Å². The van der Waals surface area contributed by atoms with Crippen molar-refractivity contribution in [1.29, 1.82) is 0 Å². The molecule has 0 aliphatic carbocycles. The summed E-state index contributed by atoms with van der Waals surface area (Å²) in [6.45, 7) is 0.640. The molecule has 3 rings (SSSR count). The number of rotatable bonds is 3. The zero-order chi connectivity index (χ0) is 12.2. The summed E-state index contributed by atoms with van der Waals surface area (Å²) in [6.07, 6.45) is 3.52. The third kappa shape index (κ3) is 2.27. The van der Waals surface area contributed by atoms with Gasteiger partial charge in [-0.05, 0) is 12.1 Å². The van der Waals surface area contributed by atoms with Gasteiger partial charge in [-0.1, -0.05) is 36.4 Å². The van der Waals surface area contributed by atoms with Gasteiger partial charge in [0.25, 0.3) is 0 Å². The fourth-order valence-corrected chi connectivity index (χ4v) is 1.75. The first-order valence-corrected chi connectivity index (χ1v) is 5.76. The molecule has 0 aliphatic heterocycles. The van der Waals surface area contributed by atoms with Crippen molar-refractivity contribution in [1.82, 2.24) is 19.7 Å². The first-order chi connectivity index (χ1) is 8.92. The highest BCUT2D eigenvalue weighted by Gasteiger charge is 2.03. The maximum Gasteiger partial charge on any atom is 0.181 e. The van der Waals surface area contributed by atoms with Gasteiger partial charge in [0, 0.05) is 11.8 Å². The molecule has 1 aromatic carbocycles. The Bertz CT molecular complexity index is 617. The first-order valence-electron chi connectivity index (χ1n) is 5.76. The van der Waals surface area contributed by atoms with Crippen LogP contribution in [0.25, 0.3) is 11.4 Å².